The van der Waals surface area contributed by atoms with Gasteiger partial charge in [0.1, 0.15) is 5.75 Å². The Morgan fingerprint density at radius 2 is 1.80 bits per heavy atom. The molecule has 0 saturated carbocycles. The summed E-state index contributed by atoms with van der Waals surface area (Å²) in [6, 6.07) is 21.4. The molecule has 14 heteroatoms. The van der Waals surface area contributed by atoms with Gasteiger partial charge in [-0.15, -0.1) is 0 Å². The van der Waals surface area contributed by atoms with Crippen LogP contribution >= 0.6 is 0 Å². The largest absolute Gasteiger partial charge is 0.494 e. The maximum atomic E-state index is 14.1. The summed E-state index contributed by atoms with van der Waals surface area (Å²) >= 11 is 0. The molecule has 1 amide bonds. The second-order valence-corrected chi connectivity index (χ2v) is 12.4. The van der Waals surface area contributed by atoms with Crippen LogP contribution in [0.3, 0.4) is 0 Å². The molecule has 45 heavy (non-hydrogen) atoms. The Labute approximate surface area is 260 Å². The highest BCUT2D eigenvalue weighted by Crippen LogP contribution is 2.44. The average Bonchev–Trinajstić information content (AvgIpc) is 3.47. The molecule has 238 valence electrons. The van der Waals surface area contributed by atoms with E-state index in [1.807, 2.05) is 0 Å². The van der Waals surface area contributed by atoms with Crippen molar-refractivity contribution in [2.75, 3.05) is 32.1 Å². The number of carbonyl (C=O) groups is 1. The summed E-state index contributed by atoms with van der Waals surface area (Å²) in [6.07, 6.45) is -2.27. The first-order valence-corrected chi connectivity index (χ1v) is 15.9. The number of azide groups is 1. The topological polar surface area (TPSA) is 204 Å². The zero-order valence-corrected chi connectivity index (χ0v) is 25.2. The standard InChI is InChI=1S/C31H35N5O8S/c32-36-34-19-23-7-4-5-10-27(23)28-31(30(40)33-20-24(39)21-38,15-18-45(41,42)26-8-2-1-3-9-26)35-29(44-28)22-11-13-25(14-12-22)43-17-6-16-37/h1-5,7-14,24,28,37-39H,6,15-21H2,(H,33,40)/t24?,28-,31-/m1/s1. The van der Waals surface area contributed by atoms with Crippen LogP contribution in [0.2, 0.25) is 0 Å². The molecule has 1 heterocycles. The molecule has 0 spiro atoms. The number of aliphatic hydroxyl groups excluding tert-OH is 3. The Hall–Kier alpha value is -4.46. The van der Waals surface area contributed by atoms with E-state index in [0.717, 1.165) is 0 Å². The van der Waals surface area contributed by atoms with Gasteiger partial charge in [0.05, 0.1) is 36.5 Å². The van der Waals surface area contributed by atoms with E-state index in [1.54, 1.807) is 66.7 Å². The Balaban J connectivity index is 1.82. The molecule has 4 N–H and O–H groups in total. The minimum absolute atomic E-state index is 0.00918. The summed E-state index contributed by atoms with van der Waals surface area (Å²) in [6.45, 7) is -0.682. The quantitative estimate of drug-likeness (QED) is 0.0794. The molecule has 3 aromatic rings. The number of rotatable bonds is 16. The average molecular weight is 638 g/mol. The number of nitrogens with zero attached hydrogens (tertiary/aromatic N) is 4. The van der Waals surface area contributed by atoms with Crippen LogP contribution in [-0.2, 0) is 25.9 Å². The van der Waals surface area contributed by atoms with E-state index in [-0.39, 0.29) is 36.9 Å². The van der Waals surface area contributed by atoms with E-state index >= 15 is 0 Å². The van der Waals surface area contributed by atoms with Crippen LogP contribution in [0.1, 0.15) is 35.6 Å². The van der Waals surface area contributed by atoms with Gasteiger partial charge >= 0.3 is 0 Å². The van der Waals surface area contributed by atoms with E-state index in [4.69, 9.17) is 25.1 Å². The van der Waals surface area contributed by atoms with Crippen LogP contribution in [0.5, 0.6) is 5.75 Å². The Kier molecular flexibility index (Phi) is 11.5. The normalized spacial score (nSPS) is 18.3. The fraction of sp³-hybridized carbons (Fsp3) is 0.355. The van der Waals surface area contributed by atoms with Gasteiger partial charge in [0.25, 0.3) is 5.91 Å². The second kappa shape index (κ2) is 15.5. The van der Waals surface area contributed by atoms with Gasteiger partial charge in [0.2, 0.25) is 5.90 Å². The molecule has 0 saturated heterocycles. The molecule has 4 rings (SSSR count). The van der Waals surface area contributed by atoms with Crippen LogP contribution in [0, 0.1) is 0 Å². The number of amides is 1. The van der Waals surface area contributed by atoms with Gasteiger partial charge in [0.15, 0.2) is 21.5 Å². The summed E-state index contributed by atoms with van der Waals surface area (Å²) in [4.78, 5) is 21.8. The van der Waals surface area contributed by atoms with Crippen molar-refractivity contribution in [1.82, 2.24) is 5.32 Å². The predicted octanol–water partition coefficient (Wildman–Crippen LogP) is 2.85. The van der Waals surface area contributed by atoms with Gasteiger partial charge < -0.3 is 30.1 Å². The fourth-order valence-corrected chi connectivity index (χ4v) is 6.24. The highest BCUT2D eigenvalue weighted by Gasteiger charge is 2.54. The van der Waals surface area contributed by atoms with Gasteiger partial charge in [-0.3, -0.25) is 4.79 Å². The van der Waals surface area contributed by atoms with Crippen molar-refractivity contribution in [3.05, 3.63) is 106 Å². The fourth-order valence-electron chi connectivity index (χ4n) is 4.85. The van der Waals surface area contributed by atoms with Crippen molar-refractivity contribution >= 4 is 21.6 Å². The zero-order valence-electron chi connectivity index (χ0n) is 24.4. The Morgan fingerprint density at radius 1 is 1.09 bits per heavy atom. The molecule has 0 radical (unpaired) electrons. The number of hydrogen-bond acceptors (Lipinski definition) is 10. The van der Waals surface area contributed by atoms with Crippen molar-refractivity contribution in [3.8, 4) is 5.75 Å². The first kappa shape index (κ1) is 33.4. The molecule has 1 unspecified atom stereocenters. The van der Waals surface area contributed by atoms with Gasteiger partial charge in [-0.1, -0.05) is 47.6 Å². The minimum Gasteiger partial charge on any atom is -0.494 e. The zero-order chi connectivity index (χ0) is 32.3. The first-order chi connectivity index (χ1) is 21.7. The summed E-state index contributed by atoms with van der Waals surface area (Å²) < 4.78 is 38.9. The third kappa shape index (κ3) is 8.18. The van der Waals surface area contributed by atoms with E-state index < -0.39 is 45.9 Å². The molecule has 0 fully saturated rings. The number of carbonyl (C=O) groups excluding carboxylic acids is 1. The van der Waals surface area contributed by atoms with E-state index in [2.05, 4.69) is 15.3 Å². The molecule has 0 bridgehead atoms. The number of aliphatic imine (C=N–C) groups is 1. The lowest BCUT2D eigenvalue weighted by Gasteiger charge is -2.32. The molecular formula is C31H35N5O8S. The molecule has 0 aliphatic carbocycles. The SMILES string of the molecule is [N-]=[N+]=NCc1ccccc1[C@H]1OC(c2ccc(OCCCO)cc2)=N[C@@]1(CCS(=O)(=O)c1ccccc1)C(=O)NCC(O)CO. The lowest BCUT2D eigenvalue weighted by Crippen LogP contribution is -2.51. The molecule has 3 atom stereocenters. The summed E-state index contributed by atoms with van der Waals surface area (Å²) in [5.41, 5.74) is 8.63. The second-order valence-electron chi connectivity index (χ2n) is 10.3. The van der Waals surface area contributed by atoms with E-state index in [0.29, 0.717) is 35.5 Å². The first-order valence-electron chi connectivity index (χ1n) is 14.3. The predicted molar refractivity (Wildman–Crippen MR) is 165 cm³/mol. The highest BCUT2D eigenvalue weighted by molar-refractivity contribution is 7.91. The number of ether oxygens (including phenoxy) is 2. The third-order valence-electron chi connectivity index (χ3n) is 7.24. The number of benzene rings is 3. The Bertz CT molecular complexity index is 1630. The van der Waals surface area contributed by atoms with Gasteiger partial charge in [-0.05, 0) is 53.1 Å². The van der Waals surface area contributed by atoms with E-state index in [9.17, 15) is 23.4 Å². The third-order valence-corrected chi connectivity index (χ3v) is 8.97. The highest BCUT2D eigenvalue weighted by atomic mass is 32.2. The molecule has 0 aromatic heterocycles. The molecule has 1 aliphatic heterocycles. The lowest BCUT2D eigenvalue weighted by atomic mass is 9.83. The van der Waals surface area contributed by atoms with Gasteiger partial charge in [-0.25, -0.2) is 13.4 Å². The summed E-state index contributed by atoms with van der Waals surface area (Å²) in [5, 5.41) is 34.7. The number of sulfone groups is 1. The van der Waals surface area contributed by atoms with Crippen LogP contribution in [0.15, 0.2) is 93.9 Å². The van der Waals surface area contributed by atoms with Crippen LogP contribution in [0.25, 0.3) is 10.4 Å². The monoisotopic (exact) mass is 637 g/mol. The van der Waals surface area contributed by atoms with Crippen LogP contribution in [0.4, 0.5) is 0 Å². The van der Waals surface area contributed by atoms with Crippen molar-refractivity contribution < 1.29 is 38.0 Å². The number of aliphatic hydroxyl groups is 3. The molecule has 13 nitrogen and oxygen atoms in total. The summed E-state index contributed by atoms with van der Waals surface area (Å²) in [5.74, 6) is -0.589. The minimum atomic E-state index is -3.88. The van der Waals surface area contributed by atoms with Crippen molar-refractivity contribution in [2.45, 2.75) is 42.0 Å². The maximum absolute atomic E-state index is 14.1. The van der Waals surface area contributed by atoms with Crippen LogP contribution < -0.4 is 10.1 Å². The van der Waals surface area contributed by atoms with Crippen molar-refractivity contribution in [1.29, 1.82) is 0 Å². The number of nitrogens with one attached hydrogen (secondary N) is 1. The van der Waals surface area contributed by atoms with Crippen LogP contribution in [-0.4, -0.2) is 79.3 Å². The maximum Gasteiger partial charge on any atom is 0.252 e. The summed E-state index contributed by atoms with van der Waals surface area (Å²) in [7, 11) is -3.88. The molecule has 3 aromatic carbocycles. The molecular weight excluding hydrogens is 602 g/mol. The lowest BCUT2D eigenvalue weighted by molar-refractivity contribution is -0.129. The van der Waals surface area contributed by atoms with Crippen molar-refractivity contribution in [3.63, 3.8) is 0 Å². The van der Waals surface area contributed by atoms with Crippen molar-refractivity contribution in [2.24, 2.45) is 10.1 Å². The molecule has 1 aliphatic rings. The number of hydrogen-bond donors (Lipinski definition) is 4. The Morgan fingerprint density at radius 3 is 2.49 bits per heavy atom. The van der Waals surface area contributed by atoms with Gasteiger partial charge in [-0.2, -0.15) is 0 Å². The van der Waals surface area contributed by atoms with E-state index in [1.165, 1.54) is 12.1 Å². The van der Waals surface area contributed by atoms with Gasteiger partial charge in [0, 0.05) is 36.5 Å². The smallest absolute Gasteiger partial charge is 0.252 e.